The van der Waals surface area contributed by atoms with E-state index in [2.05, 4.69) is 47.4 Å². The number of piperidine rings is 1. The molecule has 0 saturated carbocycles. The fraction of sp³-hybridized carbons (Fsp3) is 0.538. The van der Waals surface area contributed by atoms with E-state index in [1.165, 1.54) is 69.2 Å². The van der Waals surface area contributed by atoms with Gasteiger partial charge < -0.3 is 4.90 Å². The SMILES string of the molecule is CCCCCCCCc1c(C)c(C#N)c2nc3ccccc3n2c1N1CCCCC1. The van der Waals surface area contributed by atoms with Crippen LogP contribution in [0.1, 0.15) is 81.4 Å². The van der Waals surface area contributed by atoms with Gasteiger partial charge in [-0.15, -0.1) is 0 Å². The van der Waals surface area contributed by atoms with Crippen LogP contribution in [0, 0.1) is 18.3 Å². The Hall–Kier alpha value is -2.54. The van der Waals surface area contributed by atoms with Gasteiger partial charge in [0.15, 0.2) is 5.65 Å². The molecular formula is C26H34N4. The summed E-state index contributed by atoms with van der Waals surface area (Å²) in [4.78, 5) is 7.45. The van der Waals surface area contributed by atoms with Crippen LogP contribution < -0.4 is 4.90 Å². The van der Waals surface area contributed by atoms with Crippen LogP contribution in [-0.2, 0) is 6.42 Å². The number of anilines is 1. The number of benzene rings is 1. The monoisotopic (exact) mass is 402 g/mol. The molecule has 1 aromatic carbocycles. The van der Waals surface area contributed by atoms with E-state index in [0.29, 0.717) is 0 Å². The van der Waals surface area contributed by atoms with Crippen molar-refractivity contribution in [2.75, 3.05) is 18.0 Å². The number of nitrogens with zero attached hydrogens (tertiary/aromatic N) is 4. The predicted octanol–water partition coefficient (Wildman–Crippen LogP) is 6.56. The molecule has 4 nitrogen and oxygen atoms in total. The number of hydrogen-bond acceptors (Lipinski definition) is 3. The van der Waals surface area contributed by atoms with E-state index in [4.69, 9.17) is 4.98 Å². The standard InChI is InChI=1S/C26H34N4/c1-3-4-5-6-7-9-14-21-20(2)22(19-27)25-28-23-15-10-11-16-24(23)30(25)26(21)29-17-12-8-13-18-29/h10-11,15-16H,3-9,12-14,17-18H2,1-2H3. The van der Waals surface area contributed by atoms with Crippen molar-refractivity contribution in [3.8, 4) is 6.07 Å². The number of imidazole rings is 1. The molecule has 30 heavy (non-hydrogen) atoms. The van der Waals surface area contributed by atoms with Gasteiger partial charge in [0, 0.05) is 13.1 Å². The Kier molecular flexibility index (Phi) is 6.57. The van der Waals surface area contributed by atoms with E-state index in [1.807, 2.05) is 6.07 Å². The molecule has 4 heteroatoms. The van der Waals surface area contributed by atoms with Crippen molar-refractivity contribution in [3.63, 3.8) is 0 Å². The molecule has 3 heterocycles. The van der Waals surface area contributed by atoms with E-state index in [1.54, 1.807) is 0 Å². The number of fused-ring (bicyclic) bond motifs is 3. The van der Waals surface area contributed by atoms with Crippen molar-refractivity contribution in [1.82, 2.24) is 9.38 Å². The maximum atomic E-state index is 10.0. The van der Waals surface area contributed by atoms with E-state index >= 15 is 0 Å². The highest BCUT2D eigenvalue weighted by atomic mass is 15.2. The first kappa shape index (κ1) is 20.7. The zero-order chi connectivity index (χ0) is 20.9. The molecule has 0 unspecified atom stereocenters. The molecule has 0 atom stereocenters. The first-order chi connectivity index (χ1) is 14.8. The van der Waals surface area contributed by atoms with Gasteiger partial charge in [-0.3, -0.25) is 4.40 Å². The Bertz CT molecular complexity index is 1050. The summed E-state index contributed by atoms with van der Waals surface area (Å²) in [5, 5.41) is 10.0. The maximum Gasteiger partial charge on any atom is 0.157 e. The van der Waals surface area contributed by atoms with E-state index in [-0.39, 0.29) is 0 Å². The van der Waals surface area contributed by atoms with E-state index in [0.717, 1.165) is 47.3 Å². The van der Waals surface area contributed by atoms with Crippen LogP contribution in [-0.4, -0.2) is 22.5 Å². The summed E-state index contributed by atoms with van der Waals surface area (Å²) in [6.45, 7) is 6.59. The van der Waals surface area contributed by atoms with E-state index in [9.17, 15) is 5.26 Å². The first-order valence-electron chi connectivity index (χ1n) is 11.8. The fourth-order valence-corrected chi connectivity index (χ4v) is 4.98. The maximum absolute atomic E-state index is 10.0. The summed E-state index contributed by atoms with van der Waals surface area (Å²) in [7, 11) is 0. The third-order valence-electron chi connectivity index (χ3n) is 6.64. The van der Waals surface area contributed by atoms with Gasteiger partial charge >= 0.3 is 0 Å². The third kappa shape index (κ3) is 3.90. The zero-order valence-electron chi connectivity index (χ0n) is 18.6. The first-order valence-corrected chi connectivity index (χ1v) is 11.8. The Balaban J connectivity index is 1.82. The van der Waals surface area contributed by atoms with Crippen LogP contribution in [0.3, 0.4) is 0 Å². The van der Waals surface area contributed by atoms with E-state index < -0.39 is 0 Å². The average Bonchev–Trinajstić information content (AvgIpc) is 3.16. The molecule has 158 valence electrons. The van der Waals surface area contributed by atoms with Gasteiger partial charge in [-0.25, -0.2) is 4.98 Å². The summed E-state index contributed by atoms with van der Waals surface area (Å²) in [6, 6.07) is 10.8. The number of aromatic nitrogens is 2. The lowest BCUT2D eigenvalue weighted by atomic mass is 9.97. The highest BCUT2D eigenvalue weighted by Crippen LogP contribution is 2.35. The number of rotatable bonds is 8. The summed E-state index contributed by atoms with van der Waals surface area (Å²) < 4.78 is 2.29. The number of unbranched alkanes of at least 4 members (excludes halogenated alkanes) is 5. The predicted molar refractivity (Wildman–Crippen MR) is 125 cm³/mol. The van der Waals surface area contributed by atoms with Crippen LogP contribution in [0.2, 0.25) is 0 Å². The fourth-order valence-electron chi connectivity index (χ4n) is 4.98. The largest absolute Gasteiger partial charge is 0.357 e. The summed E-state index contributed by atoms with van der Waals surface area (Å²) in [5.74, 6) is 1.29. The number of hydrogen-bond donors (Lipinski definition) is 0. The molecule has 0 amide bonds. The lowest BCUT2D eigenvalue weighted by molar-refractivity contribution is 0.567. The second-order valence-electron chi connectivity index (χ2n) is 8.74. The van der Waals surface area contributed by atoms with Gasteiger partial charge in [0.05, 0.1) is 16.6 Å². The molecule has 1 aliphatic rings. The lowest BCUT2D eigenvalue weighted by Crippen LogP contribution is -2.32. The van der Waals surface area contributed by atoms with Gasteiger partial charge in [0.2, 0.25) is 0 Å². The van der Waals surface area contributed by atoms with Gasteiger partial charge in [-0.1, -0.05) is 51.2 Å². The molecule has 4 rings (SSSR count). The molecular weight excluding hydrogens is 368 g/mol. The van der Waals surface area contributed by atoms with Crippen LogP contribution in [0.5, 0.6) is 0 Å². The molecule has 2 aromatic heterocycles. The molecule has 0 aliphatic carbocycles. The molecule has 1 aliphatic heterocycles. The Labute approximate surface area is 180 Å². The topological polar surface area (TPSA) is 44.3 Å². The molecule has 3 aromatic rings. The number of pyridine rings is 1. The minimum absolute atomic E-state index is 0.743. The molecule has 0 radical (unpaired) electrons. The minimum Gasteiger partial charge on any atom is -0.357 e. The second kappa shape index (κ2) is 9.51. The Morgan fingerprint density at radius 2 is 1.73 bits per heavy atom. The van der Waals surface area contributed by atoms with Crippen molar-refractivity contribution in [3.05, 3.63) is 41.0 Å². The number of nitriles is 1. The normalized spacial score (nSPS) is 14.5. The quantitative estimate of drug-likeness (QED) is 0.401. The lowest BCUT2D eigenvalue weighted by Gasteiger charge is -2.32. The molecule has 1 saturated heterocycles. The van der Waals surface area contributed by atoms with Gasteiger partial charge in [-0.05, 0) is 62.3 Å². The molecule has 0 bridgehead atoms. The molecule has 0 spiro atoms. The number of para-hydroxylation sites is 2. The van der Waals surface area contributed by atoms with Crippen LogP contribution in [0.4, 0.5) is 5.82 Å². The minimum atomic E-state index is 0.743. The summed E-state index contributed by atoms with van der Waals surface area (Å²) in [5.41, 5.74) is 6.16. The average molecular weight is 403 g/mol. The van der Waals surface area contributed by atoms with Crippen molar-refractivity contribution >= 4 is 22.5 Å². The second-order valence-corrected chi connectivity index (χ2v) is 8.74. The summed E-state index contributed by atoms with van der Waals surface area (Å²) in [6.07, 6.45) is 12.6. The van der Waals surface area contributed by atoms with Crippen molar-refractivity contribution in [2.24, 2.45) is 0 Å². The van der Waals surface area contributed by atoms with Crippen LogP contribution in [0.15, 0.2) is 24.3 Å². The van der Waals surface area contributed by atoms with Crippen molar-refractivity contribution in [2.45, 2.75) is 78.1 Å². The molecule has 1 fully saturated rings. The zero-order valence-corrected chi connectivity index (χ0v) is 18.6. The highest BCUT2D eigenvalue weighted by molar-refractivity contribution is 5.86. The van der Waals surface area contributed by atoms with Crippen molar-refractivity contribution < 1.29 is 0 Å². The van der Waals surface area contributed by atoms with Gasteiger partial charge in [0.25, 0.3) is 0 Å². The van der Waals surface area contributed by atoms with Crippen LogP contribution in [0.25, 0.3) is 16.7 Å². The van der Waals surface area contributed by atoms with Crippen molar-refractivity contribution in [1.29, 1.82) is 5.26 Å². The van der Waals surface area contributed by atoms with Crippen LogP contribution >= 0.6 is 0 Å². The summed E-state index contributed by atoms with van der Waals surface area (Å²) >= 11 is 0. The third-order valence-corrected chi connectivity index (χ3v) is 6.64. The van der Waals surface area contributed by atoms with Gasteiger partial charge in [-0.2, -0.15) is 5.26 Å². The molecule has 0 N–H and O–H groups in total. The Morgan fingerprint density at radius 1 is 1.00 bits per heavy atom. The highest BCUT2D eigenvalue weighted by Gasteiger charge is 2.24. The smallest absolute Gasteiger partial charge is 0.157 e. The Morgan fingerprint density at radius 3 is 2.50 bits per heavy atom. The van der Waals surface area contributed by atoms with Gasteiger partial charge in [0.1, 0.15) is 11.9 Å².